The Labute approximate surface area is 73.4 Å². The van der Waals surface area contributed by atoms with Crippen molar-refractivity contribution in [2.45, 2.75) is 33.6 Å². The van der Waals surface area contributed by atoms with Crippen molar-refractivity contribution >= 4 is 0 Å². The molecule has 1 aromatic rings. The molecule has 0 saturated carbocycles. The molecule has 0 aliphatic rings. The van der Waals surface area contributed by atoms with Crippen LogP contribution in [0.1, 0.15) is 36.6 Å². The summed E-state index contributed by atoms with van der Waals surface area (Å²) in [6.45, 7) is 8.01. The SMILES string of the molecule is Cc1cc(C(C)C)c(C)[n+]([O-])c1. The molecule has 0 fully saturated rings. The van der Waals surface area contributed by atoms with Crippen molar-refractivity contribution < 1.29 is 4.73 Å². The van der Waals surface area contributed by atoms with Crippen molar-refractivity contribution in [3.63, 3.8) is 0 Å². The van der Waals surface area contributed by atoms with E-state index in [0.717, 1.165) is 21.6 Å². The van der Waals surface area contributed by atoms with Crippen molar-refractivity contribution in [2.75, 3.05) is 0 Å². The van der Waals surface area contributed by atoms with Gasteiger partial charge in [-0.05, 0) is 18.9 Å². The van der Waals surface area contributed by atoms with Gasteiger partial charge in [0.05, 0.1) is 0 Å². The van der Waals surface area contributed by atoms with Crippen LogP contribution < -0.4 is 4.73 Å². The molecule has 0 aliphatic carbocycles. The molecule has 1 rings (SSSR count). The number of nitrogens with zero attached hydrogens (tertiary/aromatic N) is 1. The molecule has 0 aromatic carbocycles. The van der Waals surface area contributed by atoms with E-state index in [2.05, 4.69) is 19.9 Å². The third kappa shape index (κ3) is 1.58. The number of hydrogen-bond acceptors (Lipinski definition) is 1. The van der Waals surface area contributed by atoms with Crippen LogP contribution in [-0.2, 0) is 0 Å². The molecule has 0 aliphatic heterocycles. The highest BCUT2D eigenvalue weighted by molar-refractivity contribution is 5.23. The molecular weight excluding hydrogens is 150 g/mol. The van der Waals surface area contributed by atoms with E-state index in [-0.39, 0.29) is 0 Å². The van der Waals surface area contributed by atoms with Crippen molar-refractivity contribution in [2.24, 2.45) is 0 Å². The molecule has 2 nitrogen and oxygen atoms in total. The highest BCUT2D eigenvalue weighted by Crippen LogP contribution is 2.16. The molecule has 0 saturated heterocycles. The van der Waals surface area contributed by atoms with Gasteiger partial charge in [-0.2, -0.15) is 4.73 Å². The minimum Gasteiger partial charge on any atom is -0.618 e. The first-order valence-corrected chi connectivity index (χ1v) is 4.22. The fourth-order valence-corrected chi connectivity index (χ4v) is 1.38. The van der Waals surface area contributed by atoms with E-state index in [1.54, 1.807) is 6.20 Å². The van der Waals surface area contributed by atoms with Crippen molar-refractivity contribution in [1.29, 1.82) is 0 Å². The zero-order chi connectivity index (χ0) is 9.30. The normalized spacial score (nSPS) is 10.8. The summed E-state index contributed by atoms with van der Waals surface area (Å²) in [5, 5.41) is 11.3. The number of aromatic nitrogens is 1. The molecule has 0 radical (unpaired) electrons. The van der Waals surface area contributed by atoms with Crippen LogP contribution in [0.5, 0.6) is 0 Å². The highest BCUT2D eigenvalue weighted by Gasteiger charge is 2.11. The van der Waals surface area contributed by atoms with Gasteiger partial charge in [0, 0.05) is 18.1 Å². The van der Waals surface area contributed by atoms with Gasteiger partial charge in [0.2, 0.25) is 0 Å². The molecule has 66 valence electrons. The molecule has 2 heteroatoms. The molecule has 1 heterocycles. The average molecular weight is 165 g/mol. The first-order chi connectivity index (χ1) is 5.52. The number of pyridine rings is 1. The maximum absolute atomic E-state index is 11.3. The Morgan fingerprint density at radius 2 is 1.92 bits per heavy atom. The second-order valence-electron chi connectivity index (χ2n) is 3.54. The summed E-state index contributed by atoms with van der Waals surface area (Å²) in [7, 11) is 0. The van der Waals surface area contributed by atoms with Gasteiger partial charge >= 0.3 is 0 Å². The smallest absolute Gasteiger partial charge is 0.193 e. The fourth-order valence-electron chi connectivity index (χ4n) is 1.38. The summed E-state index contributed by atoms with van der Waals surface area (Å²) in [6, 6.07) is 2.08. The second-order valence-corrected chi connectivity index (χ2v) is 3.54. The van der Waals surface area contributed by atoms with E-state index in [0.29, 0.717) is 5.92 Å². The number of aryl methyl sites for hydroxylation is 1. The lowest BCUT2D eigenvalue weighted by Crippen LogP contribution is -2.31. The molecule has 0 spiro atoms. The molecule has 0 N–H and O–H groups in total. The first kappa shape index (κ1) is 9.04. The quantitative estimate of drug-likeness (QED) is 0.462. The monoisotopic (exact) mass is 165 g/mol. The Morgan fingerprint density at radius 3 is 2.42 bits per heavy atom. The van der Waals surface area contributed by atoms with Crippen LogP contribution in [0.2, 0.25) is 0 Å². The van der Waals surface area contributed by atoms with E-state index in [4.69, 9.17) is 0 Å². The summed E-state index contributed by atoms with van der Waals surface area (Å²) in [4.78, 5) is 0. The van der Waals surface area contributed by atoms with E-state index < -0.39 is 0 Å². The van der Waals surface area contributed by atoms with Gasteiger partial charge in [-0.25, -0.2) is 0 Å². The molecule has 0 atom stereocenters. The summed E-state index contributed by atoms with van der Waals surface area (Å²) < 4.78 is 0.949. The van der Waals surface area contributed by atoms with Gasteiger partial charge in [-0.3, -0.25) is 0 Å². The van der Waals surface area contributed by atoms with Gasteiger partial charge in [0.15, 0.2) is 11.9 Å². The second kappa shape index (κ2) is 3.13. The minimum absolute atomic E-state index is 0.421. The van der Waals surface area contributed by atoms with Crippen LogP contribution in [0.25, 0.3) is 0 Å². The van der Waals surface area contributed by atoms with Crippen LogP contribution in [-0.4, -0.2) is 0 Å². The Hall–Kier alpha value is -1.05. The summed E-state index contributed by atoms with van der Waals surface area (Å²) in [5.74, 6) is 0.421. The van der Waals surface area contributed by atoms with E-state index in [1.807, 2.05) is 13.8 Å². The molecule has 12 heavy (non-hydrogen) atoms. The highest BCUT2D eigenvalue weighted by atomic mass is 16.5. The molecule has 0 amide bonds. The lowest BCUT2D eigenvalue weighted by atomic mass is 10.0. The van der Waals surface area contributed by atoms with E-state index in [9.17, 15) is 5.21 Å². The van der Waals surface area contributed by atoms with Crippen LogP contribution >= 0.6 is 0 Å². The average Bonchev–Trinajstić information content (AvgIpc) is 1.96. The lowest BCUT2D eigenvalue weighted by molar-refractivity contribution is -0.613. The minimum atomic E-state index is 0.421. The Bertz CT molecular complexity index is 292. The van der Waals surface area contributed by atoms with Gasteiger partial charge in [0.1, 0.15) is 0 Å². The standard InChI is InChI=1S/C10H15NO/c1-7(2)10-5-8(3)6-11(12)9(10)4/h5-7H,1-4H3. The third-order valence-electron chi connectivity index (χ3n) is 2.07. The van der Waals surface area contributed by atoms with Crippen LogP contribution in [0.15, 0.2) is 12.3 Å². The van der Waals surface area contributed by atoms with Crippen molar-refractivity contribution in [3.05, 3.63) is 34.3 Å². The van der Waals surface area contributed by atoms with Crippen molar-refractivity contribution in [3.8, 4) is 0 Å². The maximum atomic E-state index is 11.3. The summed E-state index contributed by atoms with van der Waals surface area (Å²) in [5.41, 5.74) is 2.99. The van der Waals surface area contributed by atoms with E-state index in [1.165, 1.54) is 0 Å². The lowest BCUT2D eigenvalue weighted by Gasteiger charge is -2.10. The van der Waals surface area contributed by atoms with Gasteiger partial charge < -0.3 is 5.21 Å². The Morgan fingerprint density at radius 1 is 1.33 bits per heavy atom. The first-order valence-electron chi connectivity index (χ1n) is 4.22. The van der Waals surface area contributed by atoms with Gasteiger partial charge in [0.25, 0.3) is 0 Å². The van der Waals surface area contributed by atoms with Crippen LogP contribution in [0, 0.1) is 19.1 Å². The van der Waals surface area contributed by atoms with Crippen LogP contribution in [0.3, 0.4) is 0 Å². The molecule has 0 bridgehead atoms. The molecule has 1 aromatic heterocycles. The Kier molecular flexibility index (Phi) is 2.36. The largest absolute Gasteiger partial charge is 0.618 e. The van der Waals surface area contributed by atoms with Crippen molar-refractivity contribution in [1.82, 2.24) is 0 Å². The summed E-state index contributed by atoms with van der Waals surface area (Å²) in [6.07, 6.45) is 1.61. The fraction of sp³-hybridized carbons (Fsp3) is 0.500. The molecular formula is C10H15NO. The van der Waals surface area contributed by atoms with Gasteiger partial charge in [-0.15, -0.1) is 0 Å². The Balaban J connectivity index is 3.28. The van der Waals surface area contributed by atoms with E-state index >= 15 is 0 Å². The number of rotatable bonds is 1. The third-order valence-corrected chi connectivity index (χ3v) is 2.07. The maximum Gasteiger partial charge on any atom is 0.193 e. The predicted molar refractivity (Wildman–Crippen MR) is 49.0 cm³/mol. The zero-order valence-corrected chi connectivity index (χ0v) is 8.09. The van der Waals surface area contributed by atoms with Crippen LogP contribution in [0.4, 0.5) is 0 Å². The summed E-state index contributed by atoms with van der Waals surface area (Å²) >= 11 is 0. The van der Waals surface area contributed by atoms with Gasteiger partial charge in [-0.1, -0.05) is 13.8 Å². The molecule has 0 unspecified atom stereocenters. The topological polar surface area (TPSA) is 26.9 Å². The number of hydrogen-bond donors (Lipinski definition) is 0. The predicted octanol–water partition coefficient (Wildman–Crippen LogP) is 2.06. The zero-order valence-electron chi connectivity index (χ0n) is 8.09.